The molecule has 3 aromatic rings. The number of aromatic nitrogens is 4. The Hall–Kier alpha value is -3.16. The number of nitrogens with zero attached hydrogens (tertiary/aromatic N) is 4. The van der Waals surface area contributed by atoms with Gasteiger partial charge in [0.2, 0.25) is 5.89 Å². The molecular weight excluding hydrogens is 296 g/mol. The van der Waals surface area contributed by atoms with Gasteiger partial charge in [-0.05, 0) is 25.1 Å². The van der Waals surface area contributed by atoms with E-state index in [1.807, 2.05) is 37.3 Å². The van der Waals surface area contributed by atoms with Crippen molar-refractivity contribution < 1.29 is 9.32 Å². The van der Waals surface area contributed by atoms with Crippen molar-refractivity contribution in [1.29, 1.82) is 0 Å². The van der Waals surface area contributed by atoms with E-state index in [-0.39, 0.29) is 12.6 Å². The largest absolute Gasteiger partial charge is 0.340 e. The monoisotopic (exact) mass is 312 g/mol. The lowest BCUT2D eigenvalue weighted by Crippen LogP contribution is -2.29. The lowest BCUT2D eigenvalue weighted by Gasteiger charge is -2.12. The number of amides is 2. The molecule has 2 heterocycles. The SMILES string of the molecule is Cc1nc(CNC(=O)Nc2ccccc2-n2nccc2C)no1. The Kier molecular flexibility index (Phi) is 4.05. The first-order chi connectivity index (χ1) is 11.1. The van der Waals surface area contributed by atoms with Crippen LogP contribution in [0.1, 0.15) is 17.4 Å². The van der Waals surface area contributed by atoms with Crippen molar-refractivity contribution in [3.05, 3.63) is 53.9 Å². The van der Waals surface area contributed by atoms with Gasteiger partial charge in [-0.25, -0.2) is 9.48 Å². The smallest absolute Gasteiger partial charge is 0.319 e. The summed E-state index contributed by atoms with van der Waals surface area (Å²) >= 11 is 0. The molecule has 23 heavy (non-hydrogen) atoms. The molecule has 8 nitrogen and oxygen atoms in total. The van der Waals surface area contributed by atoms with Crippen LogP contribution in [-0.2, 0) is 6.54 Å². The highest BCUT2D eigenvalue weighted by Gasteiger charge is 2.10. The molecule has 0 unspecified atom stereocenters. The van der Waals surface area contributed by atoms with E-state index >= 15 is 0 Å². The lowest BCUT2D eigenvalue weighted by molar-refractivity contribution is 0.251. The van der Waals surface area contributed by atoms with Crippen LogP contribution < -0.4 is 10.6 Å². The number of urea groups is 1. The summed E-state index contributed by atoms with van der Waals surface area (Å²) in [6, 6.07) is 8.98. The Labute approximate surface area is 132 Å². The summed E-state index contributed by atoms with van der Waals surface area (Å²) in [5.41, 5.74) is 2.42. The Morgan fingerprint density at radius 3 is 2.78 bits per heavy atom. The van der Waals surface area contributed by atoms with Gasteiger partial charge < -0.3 is 15.2 Å². The maximum Gasteiger partial charge on any atom is 0.319 e. The zero-order valence-corrected chi connectivity index (χ0v) is 12.8. The van der Waals surface area contributed by atoms with Crippen molar-refractivity contribution in [2.24, 2.45) is 0 Å². The fourth-order valence-electron chi connectivity index (χ4n) is 2.12. The highest BCUT2D eigenvalue weighted by Crippen LogP contribution is 2.20. The Bertz CT molecular complexity index is 823. The normalized spacial score (nSPS) is 10.5. The van der Waals surface area contributed by atoms with Crippen LogP contribution in [0.3, 0.4) is 0 Å². The molecule has 3 rings (SSSR count). The second-order valence-corrected chi connectivity index (χ2v) is 4.94. The third kappa shape index (κ3) is 3.37. The predicted octanol–water partition coefficient (Wildman–Crippen LogP) is 2.19. The fourth-order valence-corrected chi connectivity index (χ4v) is 2.12. The summed E-state index contributed by atoms with van der Waals surface area (Å²) in [5.74, 6) is 0.885. The number of rotatable bonds is 4. The van der Waals surface area contributed by atoms with Crippen molar-refractivity contribution in [1.82, 2.24) is 25.2 Å². The summed E-state index contributed by atoms with van der Waals surface area (Å²) in [7, 11) is 0. The number of carbonyl (C=O) groups excluding carboxylic acids is 1. The summed E-state index contributed by atoms with van der Waals surface area (Å²) < 4.78 is 6.61. The number of benzene rings is 1. The first-order valence-corrected chi connectivity index (χ1v) is 7.07. The molecule has 2 N–H and O–H groups in total. The first kappa shape index (κ1) is 14.8. The molecule has 8 heteroatoms. The van der Waals surface area contributed by atoms with Gasteiger partial charge in [0.15, 0.2) is 5.82 Å². The minimum Gasteiger partial charge on any atom is -0.340 e. The van der Waals surface area contributed by atoms with Crippen molar-refractivity contribution in [3.8, 4) is 5.69 Å². The Morgan fingerprint density at radius 2 is 2.09 bits per heavy atom. The van der Waals surface area contributed by atoms with Crippen LogP contribution in [0.15, 0.2) is 41.1 Å². The van der Waals surface area contributed by atoms with Gasteiger partial charge in [-0.3, -0.25) is 0 Å². The van der Waals surface area contributed by atoms with E-state index in [4.69, 9.17) is 4.52 Å². The molecule has 0 bridgehead atoms. The van der Waals surface area contributed by atoms with Gasteiger partial charge >= 0.3 is 6.03 Å². The zero-order chi connectivity index (χ0) is 16.2. The lowest BCUT2D eigenvalue weighted by atomic mass is 10.2. The summed E-state index contributed by atoms with van der Waals surface area (Å²) in [6.07, 6.45) is 1.71. The van der Waals surface area contributed by atoms with E-state index in [1.165, 1.54) is 0 Å². The summed E-state index contributed by atoms with van der Waals surface area (Å²) in [5, 5.41) is 13.5. The molecule has 0 fully saturated rings. The highest BCUT2D eigenvalue weighted by molar-refractivity contribution is 5.91. The van der Waals surface area contributed by atoms with Crippen LogP contribution in [0.5, 0.6) is 0 Å². The molecule has 0 aliphatic heterocycles. The topological polar surface area (TPSA) is 97.9 Å². The van der Waals surface area contributed by atoms with Crippen molar-refractivity contribution in [3.63, 3.8) is 0 Å². The molecule has 0 saturated carbocycles. The number of anilines is 1. The molecule has 0 radical (unpaired) electrons. The Morgan fingerprint density at radius 1 is 1.26 bits per heavy atom. The van der Waals surface area contributed by atoms with Crippen LogP contribution >= 0.6 is 0 Å². The predicted molar refractivity (Wildman–Crippen MR) is 83.2 cm³/mol. The molecule has 118 valence electrons. The third-order valence-corrected chi connectivity index (χ3v) is 3.19. The van der Waals surface area contributed by atoms with Gasteiger partial charge in [0.05, 0.1) is 17.9 Å². The highest BCUT2D eigenvalue weighted by atomic mass is 16.5. The second-order valence-electron chi connectivity index (χ2n) is 4.94. The average molecular weight is 312 g/mol. The van der Waals surface area contributed by atoms with Gasteiger partial charge in [0.1, 0.15) is 0 Å². The molecule has 0 atom stereocenters. The minimum absolute atomic E-state index is 0.187. The van der Waals surface area contributed by atoms with E-state index in [2.05, 4.69) is 25.9 Å². The number of aryl methyl sites for hydroxylation is 2. The standard InChI is InChI=1S/C15H16N6O2/c1-10-7-8-17-21(10)13-6-4-3-5-12(13)19-15(22)16-9-14-18-11(2)23-20-14/h3-8H,9H2,1-2H3,(H2,16,19,22). The van der Waals surface area contributed by atoms with Gasteiger partial charge in [0.25, 0.3) is 0 Å². The number of hydrogen-bond donors (Lipinski definition) is 2. The summed E-state index contributed by atoms with van der Waals surface area (Å²) in [4.78, 5) is 16.1. The molecule has 0 aliphatic rings. The van der Waals surface area contributed by atoms with Crippen molar-refractivity contribution in [2.45, 2.75) is 20.4 Å². The molecule has 1 aromatic carbocycles. The third-order valence-electron chi connectivity index (χ3n) is 3.19. The van der Waals surface area contributed by atoms with E-state index < -0.39 is 0 Å². The molecule has 2 amide bonds. The fraction of sp³-hybridized carbons (Fsp3) is 0.200. The van der Waals surface area contributed by atoms with Crippen LogP contribution in [0.2, 0.25) is 0 Å². The second kappa shape index (κ2) is 6.30. The van der Waals surface area contributed by atoms with Crippen molar-refractivity contribution in [2.75, 3.05) is 5.32 Å². The van der Waals surface area contributed by atoms with Crippen LogP contribution in [0, 0.1) is 13.8 Å². The minimum atomic E-state index is -0.357. The number of para-hydroxylation sites is 2. The van der Waals surface area contributed by atoms with Crippen LogP contribution in [0.25, 0.3) is 5.69 Å². The average Bonchev–Trinajstić information content (AvgIpc) is 3.14. The Balaban J connectivity index is 1.70. The van der Waals surface area contributed by atoms with Gasteiger partial charge in [-0.1, -0.05) is 17.3 Å². The van der Waals surface area contributed by atoms with Gasteiger partial charge in [0, 0.05) is 18.8 Å². The van der Waals surface area contributed by atoms with Crippen LogP contribution in [0.4, 0.5) is 10.5 Å². The maximum atomic E-state index is 12.1. The van der Waals surface area contributed by atoms with Gasteiger partial charge in [-0.15, -0.1) is 0 Å². The maximum absolute atomic E-state index is 12.1. The first-order valence-electron chi connectivity index (χ1n) is 7.07. The summed E-state index contributed by atoms with van der Waals surface area (Å²) in [6.45, 7) is 3.83. The molecule has 0 saturated heterocycles. The number of hydrogen-bond acceptors (Lipinski definition) is 5. The van der Waals surface area contributed by atoms with E-state index in [9.17, 15) is 4.79 Å². The van der Waals surface area contributed by atoms with Gasteiger partial charge in [-0.2, -0.15) is 10.1 Å². The zero-order valence-electron chi connectivity index (χ0n) is 12.8. The number of nitrogens with one attached hydrogen (secondary N) is 2. The van der Waals surface area contributed by atoms with E-state index in [0.29, 0.717) is 17.4 Å². The van der Waals surface area contributed by atoms with E-state index in [0.717, 1.165) is 11.4 Å². The van der Waals surface area contributed by atoms with Crippen LogP contribution in [-0.4, -0.2) is 26.0 Å². The molecule has 0 spiro atoms. The number of carbonyl (C=O) groups is 1. The van der Waals surface area contributed by atoms with E-state index in [1.54, 1.807) is 17.8 Å². The quantitative estimate of drug-likeness (QED) is 0.769. The molecular formula is C15H16N6O2. The molecule has 2 aromatic heterocycles. The molecule has 0 aliphatic carbocycles. The van der Waals surface area contributed by atoms with Crippen molar-refractivity contribution >= 4 is 11.7 Å².